The minimum atomic E-state index is -0.256. The van der Waals surface area contributed by atoms with Gasteiger partial charge >= 0.3 is 0 Å². The van der Waals surface area contributed by atoms with Crippen molar-refractivity contribution in [3.8, 4) is 5.75 Å². The molecule has 2 rings (SSSR count). The number of hydrogen-bond donors (Lipinski definition) is 1. The van der Waals surface area contributed by atoms with Crippen molar-refractivity contribution in [3.63, 3.8) is 0 Å². The first-order valence-electron chi connectivity index (χ1n) is 4.16. The zero-order valence-electron chi connectivity index (χ0n) is 7.60. The maximum Gasteiger partial charge on any atom is 0.147 e. The number of alkyl halides is 1. The van der Waals surface area contributed by atoms with Crippen molar-refractivity contribution in [1.82, 2.24) is 4.98 Å². The third kappa shape index (κ3) is 1.39. The van der Waals surface area contributed by atoms with E-state index < -0.39 is 0 Å². The van der Waals surface area contributed by atoms with Gasteiger partial charge in [-0.2, -0.15) is 0 Å². The van der Waals surface area contributed by atoms with E-state index in [0.717, 1.165) is 11.1 Å². The number of aromatic amines is 1. The smallest absolute Gasteiger partial charge is 0.147 e. The van der Waals surface area contributed by atoms with Crippen molar-refractivity contribution in [3.05, 3.63) is 29.7 Å². The van der Waals surface area contributed by atoms with E-state index >= 15 is 0 Å². The number of halogens is 2. The van der Waals surface area contributed by atoms with Crippen LogP contribution >= 0.6 is 15.9 Å². The first kappa shape index (κ1) is 9.52. The highest BCUT2D eigenvalue weighted by Gasteiger charge is 2.09. The SMILES string of the molecule is COc1ccc(F)c2[nH]c(CBr)cc12. The molecule has 0 atom stereocenters. The van der Waals surface area contributed by atoms with Crippen LogP contribution < -0.4 is 4.74 Å². The first-order chi connectivity index (χ1) is 6.76. The Morgan fingerprint density at radius 2 is 2.29 bits per heavy atom. The van der Waals surface area contributed by atoms with Gasteiger partial charge in [0.25, 0.3) is 0 Å². The van der Waals surface area contributed by atoms with Gasteiger partial charge in [-0.15, -0.1) is 0 Å². The van der Waals surface area contributed by atoms with Crippen LogP contribution in [-0.4, -0.2) is 12.1 Å². The molecule has 0 aliphatic carbocycles. The molecule has 2 aromatic rings. The fraction of sp³-hybridized carbons (Fsp3) is 0.200. The number of rotatable bonds is 2. The summed E-state index contributed by atoms with van der Waals surface area (Å²) in [5, 5.41) is 1.45. The fourth-order valence-electron chi connectivity index (χ4n) is 1.47. The van der Waals surface area contributed by atoms with E-state index in [1.807, 2.05) is 6.07 Å². The lowest BCUT2D eigenvalue weighted by atomic mass is 10.2. The first-order valence-corrected chi connectivity index (χ1v) is 5.28. The standard InChI is InChI=1S/C10H9BrFNO/c1-14-9-3-2-8(12)10-7(9)4-6(5-11)13-10/h2-4,13H,5H2,1H3. The van der Waals surface area contributed by atoms with Crippen LogP contribution in [0.15, 0.2) is 18.2 Å². The number of ether oxygens (including phenoxy) is 1. The fourth-order valence-corrected chi connectivity index (χ4v) is 1.77. The molecule has 0 aliphatic rings. The molecule has 1 aromatic carbocycles. The maximum absolute atomic E-state index is 13.4. The zero-order valence-corrected chi connectivity index (χ0v) is 9.19. The van der Waals surface area contributed by atoms with Crippen molar-refractivity contribution in [1.29, 1.82) is 0 Å². The number of fused-ring (bicyclic) bond motifs is 1. The number of methoxy groups -OCH3 is 1. The Bertz CT molecular complexity index is 466. The third-order valence-corrected chi connectivity index (χ3v) is 2.73. The summed E-state index contributed by atoms with van der Waals surface area (Å²) in [4.78, 5) is 2.99. The average molecular weight is 258 g/mol. The van der Waals surface area contributed by atoms with Crippen molar-refractivity contribution in [2.45, 2.75) is 5.33 Å². The molecule has 74 valence electrons. The molecule has 14 heavy (non-hydrogen) atoms. The lowest BCUT2D eigenvalue weighted by Gasteiger charge is -2.00. The Hall–Kier alpha value is -1.03. The van der Waals surface area contributed by atoms with Gasteiger partial charge in [0.15, 0.2) is 0 Å². The van der Waals surface area contributed by atoms with E-state index in [9.17, 15) is 4.39 Å². The molecular weight excluding hydrogens is 249 g/mol. The molecule has 1 N–H and O–H groups in total. The normalized spacial score (nSPS) is 10.8. The van der Waals surface area contributed by atoms with E-state index in [2.05, 4.69) is 20.9 Å². The van der Waals surface area contributed by atoms with E-state index in [1.54, 1.807) is 13.2 Å². The molecule has 0 bridgehead atoms. The summed E-state index contributed by atoms with van der Waals surface area (Å²) in [6, 6.07) is 4.91. The Balaban J connectivity index is 2.74. The van der Waals surface area contributed by atoms with E-state index in [-0.39, 0.29) is 5.82 Å². The molecule has 1 heterocycles. The number of nitrogens with one attached hydrogen (secondary N) is 1. The van der Waals surface area contributed by atoms with Gasteiger partial charge in [-0.1, -0.05) is 15.9 Å². The zero-order chi connectivity index (χ0) is 10.1. The van der Waals surface area contributed by atoms with Crippen LogP contribution in [-0.2, 0) is 5.33 Å². The lowest BCUT2D eigenvalue weighted by Crippen LogP contribution is -1.85. The van der Waals surface area contributed by atoms with Gasteiger partial charge in [-0.25, -0.2) is 4.39 Å². The number of H-pyrrole nitrogens is 1. The number of hydrogen-bond acceptors (Lipinski definition) is 1. The molecular formula is C10H9BrFNO. The number of aromatic nitrogens is 1. The summed E-state index contributed by atoms with van der Waals surface area (Å²) >= 11 is 3.31. The second-order valence-electron chi connectivity index (χ2n) is 2.97. The van der Waals surface area contributed by atoms with Gasteiger partial charge in [0, 0.05) is 16.4 Å². The molecule has 0 fully saturated rings. The van der Waals surface area contributed by atoms with Crippen LogP contribution in [0.25, 0.3) is 10.9 Å². The van der Waals surface area contributed by atoms with E-state index in [4.69, 9.17) is 4.74 Å². The Morgan fingerprint density at radius 3 is 2.93 bits per heavy atom. The van der Waals surface area contributed by atoms with Gasteiger partial charge in [-0.05, 0) is 18.2 Å². The molecule has 2 nitrogen and oxygen atoms in total. The summed E-state index contributed by atoms with van der Waals surface area (Å²) in [5.41, 5.74) is 1.43. The van der Waals surface area contributed by atoms with Crippen LogP contribution in [0.4, 0.5) is 4.39 Å². The topological polar surface area (TPSA) is 25.0 Å². The molecule has 4 heteroatoms. The largest absolute Gasteiger partial charge is 0.496 e. The van der Waals surface area contributed by atoms with Crippen LogP contribution in [0.5, 0.6) is 5.75 Å². The minimum Gasteiger partial charge on any atom is -0.496 e. The van der Waals surface area contributed by atoms with Crippen molar-refractivity contribution in [2.24, 2.45) is 0 Å². The third-order valence-electron chi connectivity index (χ3n) is 2.12. The molecule has 0 saturated carbocycles. The highest BCUT2D eigenvalue weighted by Crippen LogP contribution is 2.28. The Kier molecular flexibility index (Phi) is 2.46. The summed E-state index contributed by atoms with van der Waals surface area (Å²) < 4.78 is 18.5. The van der Waals surface area contributed by atoms with Gasteiger partial charge < -0.3 is 9.72 Å². The van der Waals surface area contributed by atoms with Gasteiger partial charge in [0.05, 0.1) is 12.6 Å². The minimum absolute atomic E-state index is 0.256. The summed E-state index contributed by atoms with van der Waals surface area (Å²) in [6.45, 7) is 0. The quantitative estimate of drug-likeness (QED) is 0.822. The van der Waals surface area contributed by atoms with Crippen LogP contribution in [0.1, 0.15) is 5.69 Å². The monoisotopic (exact) mass is 257 g/mol. The highest BCUT2D eigenvalue weighted by molar-refractivity contribution is 9.08. The van der Waals surface area contributed by atoms with Crippen molar-refractivity contribution >= 4 is 26.8 Å². The molecule has 0 saturated heterocycles. The van der Waals surface area contributed by atoms with Crippen molar-refractivity contribution in [2.75, 3.05) is 7.11 Å². The predicted octanol–water partition coefficient (Wildman–Crippen LogP) is 3.21. The maximum atomic E-state index is 13.4. The second kappa shape index (κ2) is 3.61. The second-order valence-corrected chi connectivity index (χ2v) is 3.53. The van der Waals surface area contributed by atoms with Gasteiger partial charge in [0.2, 0.25) is 0 Å². The predicted molar refractivity (Wildman–Crippen MR) is 57.4 cm³/mol. The van der Waals surface area contributed by atoms with Gasteiger partial charge in [-0.3, -0.25) is 0 Å². The summed E-state index contributed by atoms with van der Waals surface area (Å²) in [7, 11) is 1.58. The highest BCUT2D eigenvalue weighted by atomic mass is 79.9. The molecule has 0 unspecified atom stereocenters. The van der Waals surface area contributed by atoms with E-state index in [1.165, 1.54) is 6.07 Å². The van der Waals surface area contributed by atoms with Crippen LogP contribution in [0, 0.1) is 5.82 Å². The molecule has 0 spiro atoms. The molecule has 1 aromatic heterocycles. The Morgan fingerprint density at radius 1 is 1.50 bits per heavy atom. The number of benzene rings is 1. The molecule has 0 amide bonds. The average Bonchev–Trinajstić information content (AvgIpc) is 2.63. The lowest BCUT2D eigenvalue weighted by molar-refractivity contribution is 0.419. The summed E-state index contributed by atoms with van der Waals surface area (Å²) in [5.74, 6) is 0.429. The Labute approximate surface area is 89.2 Å². The molecule has 0 radical (unpaired) electrons. The van der Waals surface area contributed by atoms with Crippen LogP contribution in [0.3, 0.4) is 0 Å². The van der Waals surface area contributed by atoms with Crippen molar-refractivity contribution < 1.29 is 9.13 Å². The van der Waals surface area contributed by atoms with Gasteiger partial charge in [0.1, 0.15) is 11.6 Å². The van der Waals surface area contributed by atoms with E-state index in [0.29, 0.717) is 16.6 Å². The summed E-state index contributed by atoms with van der Waals surface area (Å²) in [6.07, 6.45) is 0. The molecule has 0 aliphatic heterocycles. The van der Waals surface area contributed by atoms with Crippen LogP contribution in [0.2, 0.25) is 0 Å².